The van der Waals surface area contributed by atoms with Crippen molar-refractivity contribution < 1.29 is 5.11 Å². The Hall–Kier alpha value is -0.980. The minimum atomic E-state index is 0.493. The second kappa shape index (κ2) is 3.06. The highest BCUT2D eigenvalue weighted by molar-refractivity contribution is 5.46. The molecule has 0 saturated heterocycles. The summed E-state index contributed by atoms with van der Waals surface area (Å²) in [5, 5.41) is 9.75. The summed E-state index contributed by atoms with van der Waals surface area (Å²) in [6, 6.07) is 3.82. The molecule has 13 heavy (non-hydrogen) atoms. The second-order valence-corrected chi connectivity index (χ2v) is 4.07. The molecule has 1 aliphatic carbocycles. The first-order chi connectivity index (χ1) is 6.20. The molecule has 1 N–H and O–H groups in total. The van der Waals surface area contributed by atoms with E-state index in [4.69, 9.17) is 0 Å². The van der Waals surface area contributed by atoms with Crippen molar-refractivity contribution in [3.63, 3.8) is 0 Å². The number of phenols is 1. The molecule has 0 atom stereocenters. The summed E-state index contributed by atoms with van der Waals surface area (Å²) in [7, 11) is 0. The molecular weight excluding hydrogens is 160 g/mol. The summed E-state index contributed by atoms with van der Waals surface area (Å²) in [4.78, 5) is 0. The van der Waals surface area contributed by atoms with Gasteiger partial charge in [-0.2, -0.15) is 0 Å². The van der Waals surface area contributed by atoms with Gasteiger partial charge in [-0.1, -0.05) is 12.5 Å². The van der Waals surface area contributed by atoms with E-state index in [1.54, 1.807) is 0 Å². The van der Waals surface area contributed by atoms with Gasteiger partial charge >= 0.3 is 0 Å². The van der Waals surface area contributed by atoms with Gasteiger partial charge in [-0.15, -0.1) is 0 Å². The van der Waals surface area contributed by atoms with Crippen LogP contribution in [0.1, 0.15) is 41.9 Å². The molecule has 1 aromatic rings. The molecule has 1 heteroatoms. The standard InChI is InChI=1S/C12H16O/c1-8-6-7-11(13)12(9(8)2)10-4-3-5-10/h6-7,10,13H,3-5H2,1-2H3. The van der Waals surface area contributed by atoms with Crippen LogP contribution in [0.25, 0.3) is 0 Å². The first-order valence-electron chi connectivity index (χ1n) is 4.99. The van der Waals surface area contributed by atoms with Crippen molar-refractivity contribution in [1.82, 2.24) is 0 Å². The lowest BCUT2D eigenvalue weighted by atomic mass is 9.77. The van der Waals surface area contributed by atoms with Gasteiger partial charge in [-0.25, -0.2) is 0 Å². The van der Waals surface area contributed by atoms with E-state index in [1.807, 2.05) is 12.1 Å². The topological polar surface area (TPSA) is 20.2 Å². The lowest BCUT2D eigenvalue weighted by Gasteiger charge is -2.28. The number of benzene rings is 1. The van der Waals surface area contributed by atoms with Crippen LogP contribution in [0.15, 0.2) is 12.1 Å². The lowest BCUT2D eigenvalue weighted by molar-refractivity contribution is 0.391. The SMILES string of the molecule is Cc1ccc(O)c(C2CCC2)c1C. The number of phenolic OH excluding ortho intramolecular Hbond substituents is 1. The number of hydrogen-bond donors (Lipinski definition) is 1. The summed E-state index contributed by atoms with van der Waals surface area (Å²) < 4.78 is 0. The Morgan fingerprint density at radius 3 is 2.46 bits per heavy atom. The van der Waals surface area contributed by atoms with Crippen molar-refractivity contribution in [2.45, 2.75) is 39.0 Å². The molecule has 2 rings (SSSR count). The van der Waals surface area contributed by atoms with Crippen LogP contribution in [-0.2, 0) is 0 Å². The van der Waals surface area contributed by atoms with Crippen LogP contribution in [0, 0.1) is 13.8 Å². The normalized spacial score (nSPS) is 17.1. The number of hydrogen-bond acceptors (Lipinski definition) is 1. The molecule has 0 aromatic heterocycles. The van der Waals surface area contributed by atoms with Gasteiger partial charge in [0.2, 0.25) is 0 Å². The minimum absolute atomic E-state index is 0.493. The highest BCUT2D eigenvalue weighted by Crippen LogP contribution is 2.42. The molecule has 1 nitrogen and oxygen atoms in total. The van der Waals surface area contributed by atoms with Crippen LogP contribution in [0.3, 0.4) is 0 Å². The summed E-state index contributed by atoms with van der Waals surface area (Å²) >= 11 is 0. The molecular formula is C12H16O. The average molecular weight is 176 g/mol. The van der Waals surface area contributed by atoms with Crippen molar-refractivity contribution in [2.24, 2.45) is 0 Å². The quantitative estimate of drug-likeness (QED) is 0.696. The van der Waals surface area contributed by atoms with Crippen LogP contribution in [-0.4, -0.2) is 5.11 Å². The Bertz CT molecular complexity index is 324. The highest BCUT2D eigenvalue weighted by atomic mass is 16.3. The van der Waals surface area contributed by atoms with Gasteiger partial charge in [0.05, 0.1) is 0 Å². The van der Waals surface area contributed by atoms with Crippen LogP contribution in [0.4, 0.5) is 0 Å². The van der Waals surface area contributed by atoms with E-state index < -0.39 is 0 Å². The van der Waals surface area contributed by atoms with E-state index in [0.29, 0.717) is 11.7 Å². The molecule has 0 amide bonds. The molecule has 1 fully saturated rings. The molecule has 1 saturated carbocycles. The second-order valence-electron chi connectivity index (χ2n) is 4.07. The summed E-state index contributed by atoms with van der Waals surface area (Å²) in [5.74, 6) is 1.12. The van der Waals surface area contributed by atoms with Crippen LogP contribution in [0.2, 0.25) is 0 Å². The van der Waals surface area contributed by atoms with Crippen molar-refractivity contribution in [1.29, 1.82) is 0 Å². The van der Waals surface area contributed by atoms with E-state index in [2.05, 4.69) is 13.8 Å². The molecule has 0 aliphatic heterocycles. The number of aromatic hydroxyl groups is 1. The molecule has 0 bridgehead atoms. The molecule has 0 radical (unpaired) electrons. The fraction of sp³-hybridized carbons (Fsp3) is 0.500. The van der Waals surface area contributed by atoms with Crippen LogP contribution < -0.4 is 0 Å². The predicted molar refractivity (Wildman–Crippen MR) is 54.2 cm³/mol. The predicted octanol–water partition coefficient (Wildman–Crippen LogP) is 3.28. The Morgan fingerprint density at radius 2 is 1.92 bits per heavy atom. The van der Waals surface area contributed by atoms with Crippen molar-refractivity contribution in [2.75, 3.05) is 0 Å². The van der Waals surface area contributed by atoms with E-state index >= 15 is 0 Å². The van der Waals surface area contributed by atoms with Crippen molar-refractivity contribution in [3.05, 3.63) is 28.8 Å². The summed E-state index contributed by atoms with van der Waals surface area (Å²) in [6.07, 6.45) is 3.81. The molecule has 1 aromatic carbocycles. The smallest absolute Gasteiger partial charge is 0.119 e. The summed E-state index contributed by atoms with van der Waals surface area (Å²) in [5.41, 5.74) is 3.77. The van der Waals surface area contributed by atoms with Gasteiger partial charge in [0, 0.05) is 5.56 Å². The third-order valence-corrected chi connectivity index (χ3v) is 3.28. The van der Waals surface area contributed by atoms with E-state index in [9.17, 15) is 5.11 Å². The first kappa shape index (κ1) is 8.61. The molecule has 0 spiro atoms. The average Bonchev–Trinajstić information content (AvgIpc) is 2.02. The molecule has 70 valence electrons. The third kappa shape index (κ3) is 1.32. The first-order valence-corrected chi connectivity index (χ1v) is 4.99. The third-order valence-electron chi connectivity index (χ3n) is 3.28. The van der Waals surface area contributed by atoms with E-state index in [1.165, 1.54) is 36.0 Å². The fourth-order valence-corrected chi connectivity index (χ4v) is 2.04. The lowest BCUT2D eigenvalue weighted by Crippen LogP contribution is -2.11. The van der Waals surface area contributed by atoms with Crippen molar-refractivity contribution in [3.8, 4) is 5.75 Å². The fourth-order valence-electron chi connectivity index (χ4n) is 2.04. The zero-order chi connectivity index (χ0) is 9.42. The monoisotopic (exact) mass is 176 g/mol. The summed E-state index contributed by atoms with van der Waals surface area (Å²) in [6.45, 7) is 4.22. The Morgan fingerprint density at radius 1 is 1.23 bits per heavy atom. The van der Waals surface area contributed by atoms with Gasteiger partial charge in [0.1, 0.15) is 5.75 Å². The highest BCUT2D eigenvalue weighted by Gasteiger charge is 2.24. The van der Waals surface area contributed by atoms with Gasteiger partial charge in [-0.05, 0) is 49.8 Å². The largest absolute Gasteiger partial charge is 0.508 e. The maximum atomic E-state index is 9.75. The maximum absolute atomic E-state index is 9.75. The number of aryl methyl sites for hydroxylation is 1. The molecule has 0 heterocycles. The van der Waals surface area contributed by atoms with E-state index in [-0.39, 0.29) is 0 Å². The Labute approximate surface area is 79.4 Å². The zero-order valence-corrected chi connectivity index (χ0v) is 8.30. The maximum Gasteiger partial charge on any atom is 0.119 e. The van der Waals surface area contributed by atoms with Crippen LogP contribution >= 0.6 is 0 Å². The van der Waals surface area contributed by atoms with E-state index in [0.717, 1.165) is 0 Å². The van der Waals surface area contributed by atoms with Gasteiger partial charge in [0.15, 0.2) is 0 Å². The van der Waals surface area contributed by atoms with Gasteiger partial charge in [0.25, 0.3) is 0 Å². The van der Waals surface area contributed by atoms with Crippen molar-refractivity contribution >= 4 is 0 Å². The minimum Gasteiger partial charge on any atom is -0.508 e. The molecule has 0 unspecified atom stereocenters. The Balaban J connectivity index is 2.46. The van der Waals surface area contributed by atoms with Crippen LogP contribution in [0.5, 0.6) is 5.75 Å². The molecule has 1 aliphatic rings. The van der Waals surface area contributed by atoms with Gasteiger partial charge < -0.3 is 5.11 Å². The number of rotatable bonds is 1. The Kier molecular flexibility index (Phi) is 2.03. The van der Waals surface area contributed by atoms with Gasteiger partial charge in [-0.3, -0.25) is 0 Å². The zero-order valence-electron chi connectivity index (χ0n) is 8.30.